The van der Waals surface area contributed by atoms with Crippen LogP contribution in [0.2, 0.25) is 0 Å². The number of fused-ring (bicyclic) bond motifs is 3. The Labute approximate surface area is 310 Å². The fourth-order valence-corrected chi connectivity index (χ4v) is 8.63. The molecule has 0 amide bonds. The summed E-state index contributed by atoms with van der Waals surface area (Å²) in [5.41, 5.74) is 11.5. The Kier molecular flexibility index (Phi) is 10.7. The van der Waals surface area contributed by atoms with Gasteiger partial charge in [-0.3, -0.25) is 4.57 Å². The van der Waals surface area contributed by atoms with Crippen molar-refractivity contribution in [1.29, 1.82) is 0 Å². The van der Waals surface area contributed by atoms with Crippen LogP contribution in [-0.2, 0) is 19.3 Å². The van der Waals surface area contributed by atoms with Gasteiger partial charge in [-0.15, -0.1) is 0 Å². The Hall–Kier alpha value is -4.64. The molecule has 5 nitrogen and oxygen atoms in total. The number of pyridine rings is 1. The zero-order valence-electron chi connectivity index (χ0n) is 32.4. The molecular weight excluding hydrogens is 637 g/mol. The van der Waals surface area contributed by atoms with E-state index in [4.69, 9.17) is 14.8 Å². The van der Waals surface area contributed by atoms with Crippen LogP contribution in [0.3, 0.4) is 0 Å². The van der Waals surface area contributed by atoms with Crippen molar-refractivity contribution < 1.29 is 4.74 Å². The third-order valence-electron chi connectivity index (χ3n) is 11.4. The fraction of sp³-hybridized carbons (Fsp3) is 0.404. The minimum Gasteiger partial charge on any atom is -0.457 e. The van der Waals surface area contributed by atoms with Crippen LogP contribution in [0.25, 0.3) is 33.3 Å². The molecule has 1 aliphatic rings. The van der Waals surface area contributed by atoms with E-state index >= 15 is 0 Å². The van der Waals surface area contributed by atoms with E-state index in [0.29, 0.717) is 17.8 Å². The van der Waals surface area contributed by atoms with Crippen molar-refractivity contribution in [3.8, 4) is 23.0 Å². The highest BCUT2D eigenvalue weighted by molar-refractivity contribution is 6.09. The number of para-hydroxylation sites is 1. The van der Waals surface area contributed by atoms with Crippen LogP contribution < -0.4 is 4.74 Å². The first-order valence-corrected chi connectivity index (χ1v) is 20.0. The van der Waals surface area contributed by atoms with E-state index in [-0.39, 0.29) is 0 Å². The van der Waals surface area contributed by atoms with Crippen molar-refractivity contribution in [2.75, 3.05) is 0 Å². The summed E-state index contributed by atoms with van der Waals surface area (Å²) in [5, 5.41) is 7.80. The molecule has 0 bridgehead atoms. The summed E-state index contributed by atoms with van der Waals surface area (Å²) >= 11 is 0. The second-order valence-electron chi connectivity index (χ2n) is 15.0. The van der Waals surface area contributed by atoms with Gasteiger partial charge in [0.25, 0.3) is 0 Å². The standard InChI is InChI=1S/C47H56N4O/c1-8-13-17-32-24-25-48-45(26-32)50-43-21-15-14-20-39(43)40-23-22-37(30-44(40)50)52-38-28-35(31(6)7)27-36(29-38)51-42(12-5)47(41(11-4)49-51)46-33(9-2)18-16-19-34(46)10-3/h14-15,18,20-31,34,46H,8-13,16-17,19H2,1-7H3/t34-,46?/m0/s1. The predicted octanol–water partition coefficient (Wildman–Crippen LogP) is 13.0. The average molecular weight is 693 g/mol. The summed E-state index contributed by atoms with van der Waals surface area (Å²) < 4.78 is 11.4. The van der Waals surface area contributed by atoms with Crippen LogP contribution in [0.5, 0.6) is 11.5 Å². The molecule has 1 aliphatic carbocycles. The third kappa shape index (κ3) is 6.71. The number of hydrogen-bond donors (Lipinski definition) is 0. The number of aryl methyl sites for hydroxylation is 2. The van der Waals surface area contributed by atoms with Gasteiger partial charge < -0.3 is 4.74 Å². The molecule has 0 N–H and O–H groups in total. The van der Waals surface area contributed by atoms with Gasteiger partial charge in [-0.25, -0.2) is 9.67 Å². The fourth-order valence-electron chi connectivity index (χ4n) is 8.63. The second-order valence-corrected chi connectivity index (χ2v) is 15.0. The molecule has 3 aromatic heterocycles. The zero-order chi connectivity index (χ0) is 36.4. The number of allylic oxidation sites excluding steroid dienone is 2. The topological polar surface area (TPSA) is 44.9 Å². The minimum absolute atomic E-state index is 0.335. The number of nitrogens with zero attached hydrogens (tertiary/aromatic N) is 4. The van der Waals surface area contributed by atoms with E-state index in [9.17, 15) is 0 Å². The molecule has 0 saturated heterocycles. The summed E-state index contributed by atoms with van der Waals surface area (Å²) in [6, 6.07) is 26.2. The molecule has 270 valence electrons. The largest absolute Gasteiger partial charge is 0.457 e. The zero-order valence-corrected chi connectivity index (χ0v) is 32.4. The first-order valence-electron chi connectivity index (χ1n) is 20.0. The molecule has 1 unspecified atom stereocenters. The molecule has 0 saturated carbocycles. The SMILES string of the molecule is CCCCc1ccnc(-n2c3ccccc3c3ccc(Oc4cc(C(C)C)cc(-n5nc(CC)c(C6C(CC)=CCC[C@@H]6CC)c5CC)c4)cc32)c1. The Bertz CT molecular complexity index is 2220. The first-order chi connectivity index (χ1) is 25.4. The van der Waals surface area contributed by atoms with Gasteiger partial charge in [0, 0.05) is 46.3 Å². The second kappa shape index (κ2) is 15.5. The van der Waals surface area contributed by atoms with Crippen molar-refractivity contribution >= 4 is 21.8 Å². The van der Waals surface area contributed by atoms with Gasteiger partial charge in [-0.05, 0) is 110 Å². The van der Waals surface area contributed by atoms with Crippen LogP contribution >= 0.6 is 0 Å². The number of hydrogen-bond acceptors (Lipinski definition) is 3. The van der Waals surface area contributed by atoms with Gasteiger partial charge in [0.1, 0.15) is 17.3 Å². The summed E-state index contributed by atoms with van der Waals surface area (Å²) in [7, 11) is 0. The molecule has 3 heterocycles. The maximum atomic E-state index is 6.84. The number of benzene rings is 3. The molecule has 0 fully saturated rings. The minimum atomic E-state index is 0.335. The lowest BCUT2D eigenvalue weighted by molar-refractivity contribution is 0.392. The van der Waals surface area contributed by atoms with E-state index in [2.05, 4.69) is 137 Å². The van der Waals surface area contributed by atoms with Gasteiger partial charge >= 0.3 is 0 Å². The monoisotopic (exact) mass is 692 g/mol. The maximum Gasteiger partial charge on any atom is 0.137 e. The number of unbranched alkanes of at least 4 members (excludes halogenated alkanes) is 1. The maximum absolute atomic E-state index is 6.84. The van der Waals surface area contributed by atoms with E-state index in [1.807, 2.05) is 6.20 Å². The molecule has 0 radical (unpaired) electrons. The Morgan fingerprint density at radius 1 is 0.827 bits per heavy atom. The van der Waals surface area contributed by atoms with Crippen molar-refractivity contribution in [2.45, 2.75) is 118 Å². The van der Waals surface area contributed by atoms with Crippen LogP contribution in [-0.4, -0.2) is 19.3 Å². The summed E-state index contributed by atoms with van der Waals surface area (Å²) in [6.45, 7) is 16.0. The van der Waals surface area contributed by atoms with E-state index in [1.54, 1.807) is 5.57 Å². The van der Waals surface area contributed by atoms with Gasteiger partial charge in [0.2, 0.25) is 0 Å². The average Bonchev–Trinajstić information content (AvgIpc) is 3.71. The summed E-state index contributed by atoms with van der Waals surface area (Å²) in [6.07, 6.45) is 14.5. The van der Waals surface area contributed by atoms with Crippen LogP contribution in [0.4, 0.5) is 0 Å². The predicted molar refractivity (Wildman–Crippen MR) is 218 cm³/mol. The van der Waals surface area contributed by atoms with E-state index < -0.39 is 0 Å². The molecule has 52 heavy (non-hydrogen) atoms. The molecule has 3 aromatic carbocycles. The van der Waals surface area contributed by atoms with E-state index in [1.165, 1.54) is 71.0 Å². The molecular formula is C47H56N4O. The first kappa shape index (κ1) is 35.7. The summed E-state index contributed by atoms with van der Waals surface area (Å²) in [5.74, 6) is 4.03. The van der Waals surface area contributed by atoms with Crippen molar-refractivity contribution in [3.63, 3.8) is 0 Å². The number of rotatable bonds is 13. The van der Waals surface area contributed by atoms with Crippen LogP contribution in [0, 0.1) is 5.92 Å². The highest BCUT2D eigenvalue weighted by atomic mass is 16.5. The van der Waals surface area contributed by atoms with Crippen LogP contribution in [0.15, 0.2) is 90.6 Å². The smallest absolute Gasteiger partial charge is 0.137 e. The van der Waals surface area contributed by atoms with Gasteiger partial charge in [-0.1, -0.05) is 91.2 Å². The third-order valence-corrected chi connectivity index (χ3v) is 11.4. The molecule has 7 rings (SSSR count). The Morgan fingerprint density at radius 3 is 2.40 bits per heavy atom. The van der Waals surface area contributed by atoms with Gasteiger partial charge in [0.15, 0.2) is 0 Å². The lowest BCUT2D eigenvalue weighted by Crippen LogP contribution is -2.20. The van der Waals surface area contributed by atoms with Crippen molar-refractivity contribution in [2.24, 2.45) is 5.92 Å². The van der Waals surface area contributed by atoms with Crippen molar-refractivity contribution in [3.05, 3.63) is 119 Å². The van der Waals surface area contributed by atoms with Crippen molar-refractivity contribution in [1.82, 2.24) is 19.3 Å². The molecule has 0 aliphatic heterocycles. The molecule has 2 atom stereocenters. The Balaban J connectivity index is 1.33. The number of ether oxygens (including phenoxy) is 1. The van der Waals surface area contributed by atoms with E-state index in [0.717, 1.165) is 59.7 Å². The molecule has 6 aromatic rings. The highest BCUT2D eigenvalue weighted by Gasteiger charge is 2.33. The summed E-state index contributed by atoms with van der Waals surface area (Å²) in [4.78, 5) is 4.88. The van der Waals surface area contributed by atoms with Crippen LogP contribution in [0.1, 0.15) is 127 Å². The lowest BCUT2D eigenvalue weighted by atomic mass is 9.71. The number of aromatic nitrogens is 4. The Morgan fingerprint density at radius 2 is 1.65 bits per heavy atom. The molecule has 0 spiro atoms. The van der Waals surface area contributed by atoms with Gasteiger partial charge in [0.05, 0.1) is 22.4 Å². The highest BCUT2D eigenvalue weighted by Crippen LogP contribution is 2.45. The quantitative estimate of drug-likeness (QED) is 0.113. The molecule has 5 heteroatoms. The lowest BCUT2D eigenvalue weighted by Gasteiger charge is -2.33. The normalized spacial score (nSPS) is 16.3. The van der Waals surface area contributed by atoms with Gasteiger partial charge in [-0.2, -0.15) is 5.10 Å².